The normalized spacial score (nSPS) is 24.5. The maximum Gasteiger partial charge on any atom is 0.192 e. The Morgan fingerprint density at radius 2 is 1.71 bits per heavy atom. The maximum atomic E-state index is 11.4. The minimum atomic E-state index is 0.295. The third-order valence-electron chi connectivity index (χ3n) is 3.49. The molecule has 1 N–H and O–H groups in total. The average molecular weight is 258 g/mol. The monoisotopic (exact) mass is 258 g/mol. The van der Waals surface area contributed by atoms with Crippen molar-refractivity contribution >= 4 is 16.9 Å². The summed E-state index contributed by atoms with van der Waals surface area (Å²) in [5, 5.41) is 9.65. The number of carbonyl (C=O) groups excluding carboxylic acids is 1. The van der Waals surface area contributed by atoms with E-state index in [4.69, 9.17) is 5.11 Å². The van der Waals surface area contributed by atoms with Gasteiger partial charge in [0.05, 0.1) is 0 Å². The largest absolute Gasteiger partial charge is 0.396 e. The molecule has 1 fully saturated rings. The van der Waals surface area contributed by atoms with E-state index < -0.39 is 0 Å². The molecule has 2 nitrogen and oxygen atoms in total. The van der Waals surface area contributed by atoms with E-state index in [0.29, 0.717) is 22.9 Å². The molecular formula is C14H26O2S. The van der Waals surface area contributed by atoms with Gasteiger partial charge in [-0.1, -0.05) is 57.2 Å². The van der Waals surface area contributed by atoms with Crippen LogP contribution >= 0.6 is 11.8 Å². The van der Waals surface area contributed by atoms with Gasteiger partial charge >= 0.3 is 0 Å². The van der Waals surface area contributed by atoms with Gasteiger partial charge in [0, 0.05) is 17.8 Å². The highest BCUT2D eigenvalue weighted by molar-refractivity contribution is 8.14. The molecule has 1 aliphatic heterocycles. The molecule has 0 bridgehead atoms. The van der Waals surface area contributed by atoms with Gasteiger partial charge in [-0.25, -0.2) is 0 Å². The van der Waals surface area contributed by atoms with E-state index >= 15 is 0 Å². The van der Waals surface area contributed by atoms with E-state index in [9.17, 15) is 4.79 Å². The van der Waals surface area contributed by atoms with Gasteiger partial charge in [-0.3, -0.25) is 4.79 Å². The van der Waals surface area contributed by atoms with Crippen LogP contribution in [-0.2, 0) is 4.79 Å². The fourth-order valence-corrected chi connectivity index (χ4v) is 3.69. The number of unbranched alkanes of at least 4 members (excludes halogenated alkanes) is 6. The van der Waals surface area contributed by atoms with E-state index in [2.05, 4.69) is 6.92 Å². The molecule has 1 aliphatic rings. The lowest BCUT2D eigenvalue weighted by atomic mass is 10.0. The standard InChI is InChI=1S/C14H26O2S/c1-12-11-13(17-14(12)16)9-7-5-3-2-4-6-8-10-15/h12-13,15H,2-11H2,1H3. The predicted octanol–water partition coefficient (Wildman–Crippen LogP) is 3.77. The van der Waals surface area contributed by atoms with E-state index in [1.54, 1.807) is 11.8 Å². The lowest BCUT2D eigenvalue weighted by Crippen LogP contribution is -1.99. The van der Waals surface area contributed by atoms with Crippen LogP contribution in [0.25, 0.3) is 0 Å². The summed E-state index contributed by atoms with van der Waals surface area (Å²) in [5.74, 6) is 0.295. The Labute approximate surface area is 110 Å². The molecule has 0 aromatic rings. The van der Waals surface area contributed by atoms with Gasteiger partial charge in [0.2, 0.25) is 0 Å². The van der Waals surface area contributed by atoms with E-state index in [0.717, 1.165) is 12.8 Å². The van der Waals surface area contributed by atoms with Gasteiger partial charge in [-0.05, 0) is 19.3 Å². The van der Waals surface area contributed by atoms with Crippen molar-refractivity contribution in [2.75, 3.05) is 6.61 Å². The van der Waals surface area contributed by atoms with Crippen LogP contribution in [0, 0.1) is 5.92 Å². The third-order valence-corrected chi connectivity index (χ3v) is 4.88. The van der Waals surface area contributed by atoms with E-state index in [1.807, 2.05) is 0 Å². The molecule has 0 radical (unpaired) electrons. The minimum Gasteiger partial charge on any atom is -0.396 e. The highest BCUT2D eigenvalue weighted by Crippen LogP contribution is 2.35. The fourth-order valence-electron chi connectivity index (χ4n) is 2.36. The van der Waals surface area contributed by atoms with Crippen molar-refractivity contribution in [1.82, 2.24) is 0 Å². The first-order valence-corrected chi connectivity index (χ1v) is 7.93. The summed E-state index contributed by atoms with van der Waals surface area (Å²) < 4.78 is 0. The number of thioether (sulfide) groups is 1. The highest BCUT2D eigenvalue weighted by atomic mass is 32.2. The van der Waals surface area contributed by atoms with Crippen molar-refractivity contribution in [2.45, 2.75) is 70.0 Å². The lowest BCUT2D eigenvalue weighted by Gasteiger charge is -2.07. The number of carbonyl (C=O) groups is 1. The summed E-state index contributed by atoms with van der Waals surface area (Å²) in [5.41, 5.74) is 0. The van der Waals surface area contributed by atoms with Crippen LogP contribution in [-0.4, -0.2) is 22.1 Å². The predicted molar refractivity (Wildman–Crippen MR) is 74.2 cm³/mol. The second kappa shape index (κ2) is 8.98. The summed E-state index contributed by atoms with van der Waals surface area (Å²) in [7, 11) is 0. The number of hydrogen-bond acceptors (Lipinski definition) is 3. The lowest BCUT2D eigenvalue weighted by molar-refractivity contribution is -0.113. The van der Waals surface area contributed by atoms with Gasteiger partial charge < -0.3 is 5.11 Å². The molecule has 0 amide bonds. The quantitative estimate of drug-likeness (QED) is 0.640. The van der Waals surface area contributed by atoms with Crippen molar-refractivity contribution in [3.05, 3.63) is 0 Å². The van der Waals surface area contributed by atoms with E-state index in [1.165, 1.54) is 44.9 Å². The Hall–Kier alpha value is -0.0200. The number of aliphatic hydroxyl groups excluding tert-OH is 1. The molecule has 17 heavy (non-hydrogen) atoms. The number of aliphatic hydroxyl groups is 1. The summed E-state index contributed by atoms with van der Waals surface area (Å²) in [6.07, 6.45) is 10.9. The van der Waals surface area contributed by atoms with Crippen molar-refractivity contribution in [2.24, 2.45) is 5.92 Å². The number of rotatable bonds is 9. The molecule has 1 heterocycles. The molecule has 0 aromatic carbocycles. The zero-order chi connectivity index (χ0) is 12.5. The molecule has 1 saturated heterocycles. The first kappa shape index (κ1) is 15.0. The Bertz CT molecular complexity index is 218. The van der Waals surface area contributed by atoms with Crippen LogP contribution in [0.5, 0.6) is 0 Å². The van der Waals surface area contributed by atoms with Crippen LogP contribution in [0.1, 0.15) is 64.7 Å². The van der Waals surface area contributed by atoms with Crippen molar-refractivity contribution in [1.29, 1.82) is 0 Å². The summed E-state index contributed by atoms with van der Waals surface area (Å²) >= 11 is 1.58. The highest BCUT2D eigenvalue weighted by Gasteiger charge is 2.29. The Morgan fingerprint density at radius 1 is 1.12 bits per heavy atom. The van der Waals surface area contributed by atoms with Gasteiger partial charge in [-0.2, -0.15) is 0 Å². The molecule has 0 saturated carbocycles. The molecule has 3 heteroatoms. The molecular weight excluding hydrogens is 232 g/mol. The minimum absolute atomic E-state index is 0.295. The van der Waals surface area contributed by atoms with Crippen LogP contribution < -0.4 is 0 Å². The van der Waals surface area contributed by atoms with Gasteiger partial charge in [0.15, 0.2) is 5.12 Å². The fraction of sp³-hybridized carbons (Fsp3) is 0.929. The van der Waals surface area contributed by atoms with Crippen molar-refractivity contribution in [3.63, 3.8) is 0 Å². The first-order valence-electron chi connectivity index (χ1n) is 7.05. The van der Waals surface area contributed by atoms with E-state index in [-0.39, 0.29) is 0 Å². The summed E-state index contributed by atoms with van der Waals surface area (Å²) in [6, 6.07) is 0. The smallest absolute Gasteiger partial charge is 0.192 e. The zero-order valence-corrected chi connectivity index (χ0v) is 11.8. The second-order valence-electron chi connectivity index (χ2n) is 5.18. The maximum absolute atomic E-state index is 11.4. The zero-order valence-electron chi connectivity index (χ0n) is 11.0. The van der Waals surface area contributed by atoms with Crippen LogP contribution in [0.3, 0.4) is 0 Å². The topological polar surface area (TPSA) is 37.3 Å². The second-order valence-corrected chi connectivity index (χ2v) is 6.49. The van der Waals surface area contributed by atoms with Gasteiger partial charge in [0.25, 0.3) is 0 Å². The molecule has 0 spiro atoms. The average Bonchev–Trinajstić information content (AvgIpc) is 2.62. The molecule has 2 unspecified atom stereocenters. The molecule has 2 atom stereocenters. The molecule has 0 aromatic heterocycles. The van der Waals surface area contributed by atoms with Crippen LogP contribution in [0.4, 0.5) is 0 Å². The van der Waals surface area contributed by atoms with Gasteiger partial charge in [0.1, 0.15) is 0 Å². The van der Waals surface area contributed by atoms with Crippen molar-refractivity contribution in [3.8, 4) is 0 Å². The SMILES string of the molecule is CC1CC(CCCCCCCCCO)SC1=O. The Kier molecular flexibility index (Phi) is 7.95. The first-order chi connectivity index (χ1) is 8.24. The molecule has 1 rings (SSSR count). The molecule has 0 aliphatic carbocycles. The van der Waals surface area contributed by atoms with Crippen molar-refractivity contribution < 1.29 is 9.90 Å². The van der Waals surface area contributed by atoms with Crippen LogP contribution in [0.2, 0.25) is 0 Å². The van der Waals surface area contributed by atoms with Crippen LogP contribution in [0.15, 0.2) is 0 Å². The Balaban J connectivity index is 1.86. The number of hydrogen-bond donors (Lipinski definition) is 1. The summed E-state index contributed by atoms with van der Waals surface area (Å²) in [4.78, 5) is 11.4. The van der Waals surface area contributed by atoms with Gasteiger partial charge in [-0.15, -0.1) is 0 Å². The third kappa shape index (κ3) is 6.46. The summed E-state index contributed by atoms with van der Waals surface area (Å²) in [6.45, 7) is 2.39. The Morgan fingerprint density at radius 3 is 2.24 bits per heavy atom. The molecule has 100 valence electrons.